The number of benzene rings is 1. The molecule has 1 fully saturated rings. The van der Waals surface area contributed by atoms with Gasteiger partial charge in [-0.2, -0.15) is 0 Å². The van der Waals surface area contributed by atoms with Crippen LogP contribution in [-0.2, 0) is 4.74 Å². The summed E-state index contributed by atoms with van der Waals surface area (Å²) in [5.74, 6) is 0.401. The number of rotatable bonds is 3. The third-order valence-corrected chi connectivity index (χ3v) is 4.25. The van der Waals surface area contributed by atoms with Crippen LogP contribution in [0, 0.1) is 0 Å². The van der Waals surface area contributed by atoms with Gasteiger partial charge in [-0.05, 0) is 12.1 Å². The quantitative estimate of drug-likeness (QED) is 0.679. The molecule has 2 heterocycles. The van der Waals surface area contributed by atoms with Crippen molar-refractivity contribution in [1.82, 2.24) is 4.98 Å². The van der Waals surface area contributed by atoms with E-state index < -0.39 is 31.2 Å². The molecule has 2 aromatic rings. The van der Waals surface area contributed by atoms with Crippen LogP contribution in [0.4, 0.5) is 0 Å². The average molecular weight is 334 g/mol. The first-order valence-electron chi connectivity index (χ1n) is 6.27. The summed E-state index contributed by atoms with van der Waals surface area (Å²) in [6, 6.07) is 3.35. The molecule has 0 amide bonds. The second-order valence-electron chi connectivity index (χ2n) is 4.76. The molecule has 0 spiro atoms. The monoisotopic (exact) mass is 333 g/mol. The maximum Gasteiger partial charge on any atom is 0.229 e. The summed E-state index contributed by atoms with van der Waals surface area (Å²) in [6.07, 6.45) is -2.86. The standard InChI is InChI=1S/C13H13Cl2NO5/c14-6-2-1-5-7(3-16-10(5)9(6)15)20-13-12(19)11(18)8(4-17)21-13/h1-3,8,11-13,16-19H,4H2/t8-,11+,12?,13-/m1/s1. The Morgan fingerprint density at radius 3 is 2.67 bits per heavy atom. The van der Waals surface area contributed by atoms with Gasteiger partial charge in [-0.1, -0.05) is 23.2 Å². The SMILES string of the molecule is OC[C@H]1O[C@@H](Oc2c[nH]c3c(Cl)c(Cl)ccc23)C(O)[C@H]1O. The number of aromatic nitrogens is 1. The molecule has 4 N–H and O–H groups in total. The highest BCUT2D eigenvalue weighted by Gasteiger charge is 2.44. The number of aliphatic hydroxyl groups is 3. The number of ether oxygens (including phenoxy) is 2. The molecule has 6 nitrogen and oxygen atoms in total. The topological polar surface area (TPSA) is 94.9 Å². The lowest BCUT2D eigenvalue weighted by molar-refractivity contribution is -0.115. The molecule has 1 aromatic heterocycles. The van der Waals surface area contributed by atoms with Gasteiger partial charge >= 0.3 is 0 Å². The molecule has 0 saturated carbocycles. The summed E-state index contributed by atoms with van der Waals surface area (Å²) < 4.78 is 10.8. The van der Waals surface area contributed by atoms with Crippen molar-refractivity contribution in [3.05, 3.63) is 28.4 Å². The lowest BCUT2D eigenvalue weighted by Gasteiger charge is -2.16. The van der Waals surface area contributed by atoms with Gasteiger partial charge in [0, 0.05) is 11.6 Å². The minimum atomic E-state index is -1.25. The zero-order chi connectivity index (χ0) is 15.1. The van der Waals surface area contributed by atoms with Crippen LogP contribution < -0.4 is 4.74 Å². The van der Waals surface area contributed by atoms with Crippen LogP contribution in [0.5, 0.6) is 5.75 Å². The van der Waals surface area contributed by atoms with E-state index in [2.05, 4.69) is 4.98 Å². The summed E-state index contributed by atoms with van der Waals surface area (Å²) in [4.78, 5) is 2.93. The molecule has 1 aliphatic rings. The van der Waals surface area contributed by atoms with Crippen molar-refractivity contribution >= 4 is 34.1 Å². The molecule has 1 aliphatic heterocycles. The maximum atomic E-state index is 9.86. The Kier molecular flexibility index (Phi) is 4.00. The summed E-state index contributed by atoms with van der Waals surface area (Å²) in [5, 5.41) is 30.0. The van der Waals surface area contributed by atoms with Gasteiger partial charge in [-0.25, -0.2) is 0 Å². The van der Waals surface area contributed by atoms with Crippen molar-refractivity contribution < 1.29 is 24.8 Å². The fourth-order valence-electron chi connectivity index (χ4n) is 2.30. The predicted octanol–water partition coefficient (Wildman–Crippen LogP) is 1.29. The van der Waals surface area contributed by atoms with Gasteiger partial charge < -0.3 is 29.8 Å². The third kappa shape index (κ3) is 2.48. The zero-order valence-electron chi connectivity index (χ0n) is 10.7. The summed E-state index contributed by atoms with van der Waals surface area (Å²) in [5.41, 5.74) is 0.603. The molecule has 0 bridgehead atoms. The first kappa shape index (κ1) is 14.9. The Labute approximate surface area is 129 Å². The molecule has 114 valence electrons. The number of aromatic amines is 1. The molecule has 1 aromatic carbocycles. The molecule has 1 unspecified atom stereocenters. The van der Waals surface area contributed by atoms with E-state index in [0.29, 0.717) is 26.7 Å². The first-order chi connectivity index (χ1) is 10.0. The highest BCUT2D eigenvalue weighted by Crippen LogP contribution is 2.36. The summed E-state index contributed by atoms with van der Waals surface area (Å²) >= 11 is 12.0. The molecule has 1 saturated heterocycles. The van der Waals surface area contributed by atoms with E-state index in [-0.39, 0.29) is 0 Å². The van der Waals surface area contributed by atoms with E-state index in [1.807, 2.05) is 0 Å². The van der Waals surface area contributed by atoms with Gasteiger partial charge in [-0.15, -0.1) is 0 Å². The van der Waals surface area contributed by atoms with Gasteiger partial charge in [0.1, 0.15) is 24.1 Å². The Bertz CT molecular complexity index is 661. The normalized spacial score (nSPS) is 29.2. The van der Waals surface area contributed by atoms with Crippen molar-refractivity contribution in [2.45, 2.75) is 24.6 Å². The van der Waals surface area contributed by atoms with E-state index in [1.54, 1.807) is 18.3 Å². The Hall–Kier alpha value is -1.02. The molecule has 3 rings (SSSR count). The van der Waals surface area contributed by atoms with E-state index in [4.69, 9.17) is 37.8 Å². The molecule has 0 aliphatic carbocycles. The second kappa shape index (κ2) is 5.64. The van der Waals surface area contributed by atoms with E-state index in [0.717, 1.165) is 0 Å². The van der Waals surface area contributed by atoms with Crippen molar-refractivity contribution in [2.24, 2.45) is 0 Å². The van der Waals surface area contributed by atoms with Gasteiger partial charge in [0.2, 0.25) is 6.29 Å². The fourth-order valence-corrected chi connectivity index (χ4v) is 2.67. The summed E-state index contributed by atoms with van der Waals surface area (Å²) in [6.45, 7) is -0.409. The van der Waals surface area contributed by atoms with Crippen LogP contribution in [0.2, 0.25) is 10.0 Å². The third-order valence-electron chi connectivity index (χ3n) is 3.45. The van der Waals surface area contributed by atoms with Crippen LogP contribution in [0.1, 0.15) is 0 Å². The van der Waals surface area contributed by atoms with Crippen LogP contribution in [-0.4, -0.2) is 51.5 Å². The summed E-state index contributed by atoms with van der Waals surface area (Å²) in [7, 11) is 0. The minimum Gasteiger partial charge on any atom is -0.460 e. The highest BCUT2D eigenvalue weighted by molar-refractivity contribution is 6.45. The fraction of sp³-hybridized carbons (Fsp3) is 0.385. The second-order valence-corrected chi connectivity index (χ2v) is 5.55. The number of H-pyrrole nitrogens is 1. The molecule has 21 heavy (non-hydrogen) atoms. The molecule has 4 atom stereocenters. The molecule has 8 heteroatoms. The van der Waals surface area contributed by atoms with Crippen LogP contribution >= 0.6 is 23.2 Å². The van der Waals surface area contributed by atoms with Crippen molar-refractivity contribution in [2.75, 3.05) is 6.61 Å². The predicted molar refractivity (Wildman–Crippen MR) is 76.7 cm³/mol. The lowest BCUT2D eigenvalue weighted by atomic mass is 10.1. The number of aliphatic hydroxyl groups excluding tert-OH is 3. The van der Waals surface area contributed by atoms with Gasteiger partial charge in [0.05, 0.1) is 22.2 Å². The number of halogens is 2. The van der Waals surface area contributed by atoms with E-state index in [9.17, 15) is 10.2 Å². The minimum absolute atomic E-state index is 0.366. The van der Waals surface area contributed by atoms with Crippen LogP contribution in [0.3, 0.4) is 0 Å². The van der Waals surface area contributed by atoms with Crippen LogP contribution in [0.15, 0.2) is 18.3 Å². The Morgan fingerprint density at radius 2 is 2.00 bits per heavy atom. The molecular formula is C13H13Cl2NO5. The van der Waals surface area contributed by atoms with Gasteiger partial charge in [0.15, 0.2) is 0 Å². The number of fused-ring (bicyclic) bond motifs is 1. The van der Waals surface area contributed by atoms with Gasteiger partial charge in [0.25, 0.3) is 0 Å². The van der Waals surface area contributed by atoms with E-state index >= 15 is 0 Å². The Morgan fingerprint density at radius 1 is 1.24 bits per heavy atom. The van der Waals surface area contributed by atoms with Gasteiger partial charge in [-0.3, -0.25) is 0 Å². The van der Waals surface area contributed by atoms with Crippen LogP contribution in [0.25, 0.3) is 10.9 Å². The maximum absolute atomic E-state index is 9.86. The average Bonchev–Trinajstić information content (AvgIpc) is 3.00. The van der Waals surface area contributed by atoms with Crippen molar-refractivity contribution in [1.29, 1.82) is 0 Å². The first-order valence-corrected chi connectivity index (χ1v) is 7.02. The van der Waals surface area contributed by atoms with Crippen molar-refractivity contribution in [3.8, 4) is 5.75 Å². The number of hydrogen-bond donors (Lipinski definition) is 4. The smallest absolute Gasteiger partial charge is 0.229 e. The molecule has 0 radical (unpaired) electrons. The Balaban J connectivity index is 1.88. The largest absolute Gasteiger partial charge is 0.460 e. The van der Waals surface area contributed by atoms with E-state index in [1.165, 1.54) is 0 Å². The number of hydrogen-bond acceptors (Lipinski definition) is 5. The molecular weight excluding hydrogens is 321 g/mol. The zero-order valence-corrected chi connectivity index (χ0v) is 12.2. The highest BCUT2D eigenvalue weighted by atomic mass is 35.5. The lowest BCUT2D eigenvalue weighted by Crippen LogP contribution is -2.35. The van der Waals surface area contributed by atoms with Crippen molar-refractivity contribution in [3.63, 3.8) is 0 Å². The number of nitrogens with one attached hydrogen (secondary N) is 1.